The fourth-order valence-corrected chi connectivity index (χ4v) is 3.96. The molecule has 1 saturated carbocycles. The van der Waals surface area contributed by atoms with Gasteiger partial charge in [0.25, 0.3) is 0 Å². The van der Waals surface area contributed by atoms with Gasteiger partial charge in [0, 0.05) is 19.6 Å². The van der Waals surface area contributed by atoms with Gasteiger partial charge in [-0.1, -0.05) is 12.5 Å². The Kier molecular flexibility index (Phi) is 12.4. The van der Waals surface area contributed by atoms with E-state index in [-0.39, 0.29) is 36.3 Å². The van der Waals surface area contributed by atoms with E-state index in [4.69, 9.17) is 9.47 Å². The molecule has 0 unspecified atom stereocenters. The predicted octanol–water partition coefficient (Wildman–Crippen LogP) is 2.14. The van der Waals surface area contributed by atoms with E-state index in [2.05, 4.69) is 20.3 Å². The zero-order valence-corrected chi connectivity index (χ0v) is 21.2. The molecule has 8 nitrogen and oxygen atoms in total. The molecule has 2 rings (SSSR count). The van der Waals surface area contributed by atoms with Crippen LogP contribution in [-0.4, -0.2) is 60.5 Å². The molecule has 172 valence electrons. The van der Waals surface area contributed by atoms with Gasteiger partial charge in [0.2, 0.25) is 10.0 Å². The molecule has 10 heteroatoms. The van der Waals surface area contributed by atoms with Gasteiger partial charge in [-0.05, 0) is 49.8 Å². The molecule has 0 amide bonds. The molecule has 1 aliphatic rings. The van der Waals surface area contributed by atoms with E-state index in [0.717, 1.165) is 24.8 Å². The summed E-state index contributed by atoms with van der Waals surface area (Å²) in [7, 11) is -0.0513. The van der Waals surface area contributed by atoms with Crippen molar-refractivity contribution in [1.82, 2.24) is 15.4 Å². The number of nitrogens with zero attached hydrogens (tertiary/aromatic N) is 1. The smallest absolute Gasteiger partial charge is 0.213 e. The fourth-order valence-electron chi connectivity index (χ4n) is 2.99. The number of sulfonamides is 1. The lowest BCUT2D eigenvalue weighted by Gasteiger charge is -2.25. The summed E-state index contributed by atoms with van der Waals surface area (Å²) in [5.41, 5.74) is 1.11. The third-order valence-electron chi connectivity index (χ3n) is 4.94. The van der Waals surface area contributed by atoms with Gasteiger partial charge in [-0.2, -0.15) is 0 Å². The number of ether oxygens (including phenoxy) is 2. The minimum absolute atomic E-state index is 0. The van der Waals surface area contributed by atoms with Gasteiger partial charge in [-0.15, -0.1) is 24.0 Å². The first kappa shape index (κ1) is 26.8. The Hall–Kier alpha value is -1.27. The average molecular weight is 554 g/mol. The van der Waals surface area contributed by atoms with Crippen LogP contribution in [0.5, 0.6) is 11.5 Å². The van der Waals surface area contributed by atoms with E-state index in [1.165, 1.54) is 6.42 Å². The molecular weight excluding hydrogens is 519 g/mol. The molecule has 0 heterocycles. The van der Waals surface area contributed by atoms with E-state index >= 15 is 0 Å². The van der Waals surface area contributed by atoms with Gasteiger partial charge < -0.3 is 20.1 Å². The van der Waals surface area contributed by atoms with Crippen molar-refractivity contribution in [2.75, 3.05) is 46.2 Å². The summed E-state index contributed by atoms with van der Waals surface area (Å²) in [5, 5.41) is 6.38. The molecule has 0 atom stereocenters. The zero-order chi connectivity index (χ0) is 21.1. The first-order chi connectivity index (χ1) is 14.0. The minimum atomic E-state index is -3.28. The maximum Gasteiger partial charge on any atom is 0.213 e. The second-order valence-electron chi connectivity index (χ2n) is 7.09. The monoisotopic (exact) mass is 554 g/mol. The van der Waals surface area contributed by atoms with E-state index in [1.807, 2.05) is 25.1 Å². The summed E-state index contributed by atoms with van der Waals surface area (Å²) in [6.07, 6.45) is 4.22. The Labute approximate surface area is 197 Å². The molecule has 0 aliphatic heterocycles. The van der Waals surface area contributed by atoms with Crippen molar-refractivity contribution in [2.24, 2.45) is 10.9 Å². The summed E-state index contributed by atoms with van der Waals surface area (Å²) < 4.78 is 37.4. The SMILES string of the molecule is CCNC(=NCCS(=O)(=O)NCC1CCC1)NCCc1ccc(OC)c(OC)c1.I. The number of rotatable bonds is 12. The Morgan fingerprint density at radius 3 is 2.50 bits per heavy atom. The third kappa shape index (κ3) is 9.25. The third-order valence-corrected chi connectivity index (χ3v) is 6.27. The maximum atomic E-state index is 12.1. The summed E-state index contributed by atoms with van der Waals surface area (Å²) in [6, 6.07) is 5.83. The molecule has 0 bridgehead atoms. The molecule has 1 aliphatic carbocycles. The number of hydrogen-bond acceptors (Lipinski definition) is 5. The van der Waals surface area contributed by atoms with E-state index < -0.39 is 10.0 Å². The molecule has 1 aromatic rings. The molecule has 1 aromatic carbocycles. The number of aliphatic imine (C=N–C) groups is 1. The molecule has 3 N–H and O–H groups in total. The Morgan fingerprint density at radius 2 is 1.90 bits per heavy atom. The van der Waals surface area contributed by atoms with E-state index in [1.54, 1.807) is 14.2 Å². The van der Waals surface area contributed by atoms with Crippen LogP contribution in [0.2, 0.25) is 0 Å². The quantitative estimate of drug-likeness (QED) is 0.208. The van der Waals surface area contributed by atoms with Gasteiger partial charge in [0.15, 0.2) is 17.5 Å². The van der Waals surface area contributed by atoms with Crippen molar-refractivity contribution in [3.63, 3.8) is 0 Å². The van der Waals surface area contributed by atoms with Crippen LogP contribution in [0.25, 0.3) is 0 Å². The lowest BCUT2D eigenvalue weighted by Crippen LogP contribution is -2.39. The number of benzene rings is 1. The van der Waals surface area contributed by atoms with Gasteiger partial charge in [0.1, 0.15) is 0 Å². The molecule has 0 saturated heterocycles. The topological polar surface area (TPSA) is 101 Å². The van der Waals surface area contributed by atoms with Crippen LogP contribution in [0.15, 0.2) is 23.2 Å². The molecule has 30 heavy (non-hydrogen) atoms. The first-order valence-electron chi connectivity index (χ1n) is 10.2. The average Bonchev–Trinajstić information content (AvgIpc) is 2.66. The second-order valence-corrected chi connectivity index (χ2v) is 9.02. The number of nitrogens with one attached hydrogen (secondary N) is 3. The van der Waals surface area contributed by atoms with Crippen molar-refractivity contribution in [2.45, 2.75) is 32.6 Å². The lowest BCUT2D eigenvalue weighted by molar-refractivity contribution is 0.316. The van der Waals surface area contributed by atoms with Crippen LogP contribution in [0.1, 0.15) is 31.7 Å². The van der Waals surface area contributed by atoms with Crippen LogP contribution in [0, 0.1) is 5.92 Å². The number of guanidine groups is 1. The van der Waals surface area contributed by atoms with Crippen molar-refractivity contribution in [3.8, 4) is 11.5 Å². The molecule has 1 fully saturated rings. The largest absolute Gasteiger partial charge is 0.493 e. The van der Waals surface area contributed by atoms with Crippen molar-refractivity contribution in [3.05, 3.63) is 23.8 Å². The molecule has 0 aromatic heterocycles. The van der Waals surface area contributed by atoms with Gasteiger partial charge in [-0.25, -0.2) is 13.1 Å². The Balaban J connectivity index is 0.00000450. The first-order valence-corrected chi connectivity index (χ1v) is 11.8. The van der Waals surface area contributed by atoms with E-state index in [0.29, 0.717) is 43.0 Å². The van der Waals surface area contributed by atoms with Crippen LogP contribution in [-0.2, 0) is 16.4 Å². The summed E-state index contributed by atoms with van der Waals surface area (Å²) >= 11 is 0. The lowest BCUT2D eigenvalue weighted by atomic mass is 9.86. The second kappa shape index (κ2) is 13.9. The summed E-state index contributed by atoms with van der Waals surface area (Å²) in [4.78, 5) is 4.38. The fraction of sp³-hybridized carbons (Fsp3) is 0.650. The molecule has 0 spiro atoms. The Morgan fingerprint density at radius 1 is 1.17 bits per heavy atom. The normalized spacial score (nSPS) is 14.4. The number of hydrogen-bond donors (Lipinski definition) is 3. The predicted molar refractivity (Wildman–Crippen MR) is 132 cm³/mol. The zero-order valence-electron chi connectivity index (χ0n) is 18.1. The van der Waals surface area contributed by atoms with Crippen molar-refractivity contribution < 1.29 is 17.9 Å². The van der Waals surface area contributed by atoms with Crippen LogP contribution >= 0.6 is 24.0 Å². The summed E-state index contributed by atoms with van der Waals surface area (Å²) in [5.74, 6) is 2.51. The van der Waals surface area contributed by atoms with E-state index in [9.17, 15) is 8.42 Å². The van der Waals surface area contributed by atoms with Crippen LogP contribution in [0.3, 0.4) is 0 Å². The highest BCUT2D eigenvalue weighted by Gasteiger charge is 2.19. The highest BCUT2D eigenvalue weighted by Crippen LogP contribution is 2.27. The highest BCUT2D eigenvalue weighted by atomic mass is 127. The highest BCUT2D eigenvalue weighted by molar-refractivity contribution is 14.0. The maximum absolute atomic E-state index is 12.1. The van der Waals surface area contributed by atoms with Crippen molar-refractivity contribution >= 4 is 40.0 Å². The number of methoxy groups -OCH3 is 2. The Bertz CT molecular complexity index is 770. The van der Waals surface area contributed by atoms with Crippen LogP contribution in [0.4, 0.5) is 0 Å². The van der Waals surface area contributed by atoms with Crippen LogP contribution < -0.4 is 24.8 Å². The van der Waals surface area contributed by atoms with Crippen molar-refractivity contribution in [1.29, 1.82) is 0 Å². The molecule has 0 radical (unpaired) electrons. The van der Waals surface area contributed by atoms with Gasteiger partial charge in [0.05, 0.1) is 26.5 Å². The minimum Gasteiger partial charge on any atom is -0.493 e. The molecular formula is C20H35IN4O4S. The summed E-state index contributed by atoms with van der Waals surface area (Å²) in [6.45, 7) is 4.10. The standard InChI is InChI=1S/C20H34N4O4S.HI/c1-4-21-20(23-12-13-29(25,26)24-15-17-6-5-7-17)22-11-10-16-8-9-18(27-2)19(14-16)28-3;/h8-9,14,17,24H,4-7,10-13,15H2,1-3H3,(H2,21,22,23);1H. The van der Waals surface area contributed by atoms with Gasteiger partial charge >= 0.3 is 0 Å². The van der Waals surface area contributed by atoms with Gasteiger partial charge in [-0.3, -0.25) is 4.99 Å². The number of halogens is 1.